The maximum atomic E-state index is 11.8. The van der Waals surface area contributed by atoms with E-state index in [2.05, 4.69) is 37.1 Å². The lowest BCUT2D eigenvalue weighted by molar-refractivity contribution is -0.118. The SMILES string of the molecule is Cc1ccc(OCC(=O)Nc2nccs2)c(C(C)(C)C)c1. The van der Waals surface area contributed by atoms with Gasteiger partial charge in [0.15, 0.2) is 11.7 Å². The zero-order valence-corrected chi connectivity index (χ0v) is 13.6. The Morgan fingerprint density at radius 2 is 2.14 bits per heavy atom. The number of aryl methyl sites for hydroxylation is 1. The summed E-state index contributed by atoms with van der Waals surface area (Å²) in [5.74, 6) is 0.549. The molecule has 1 aromatic carbocycles. The van der Waals surface area contributed by atoms with Gasteiger partial charge in [-0.1, -0.05) is 38.5 Å². The van der Waals surface area contributed by atoms with Crippen molar-refractivity contribution in [3.63, 3.8) is 0 Å². The van der Waals surface area contributed by atoms with E-state index in [4.69, 9.17) is 4.74 Å². The van der Waals surface area contributed by atoms with Gasteiger partial charge in [0.25, 0.3) is 5.91 Å². The highest BCUT2D eigenvalue weighted by Gasteiger charge is 2.19. The second kappa shape index (κ2) is 6.26. The molecule has 2 aromatic rings. The molecule has 1 aromatic heterocycles. The number of carbonyl (C=O) groups is 1. The molecule has 0 aliphatic heterocycles. The summed E-state index contributed by atoms with van der Waals surface area (Å²) in [5.41, 5.74) is 2.25. The lowest BCUT2D eigenvalue weighted by Crippen LogP contribution is -2.22. The molecule has 2 rings (SSSR count). The third-order valence-electron chi connectivity index (χ3n) is 2.98. The topological polar surface area (TPSA) is 51.2 Å². The highest BCUT2D eigenvalue weighted by Crippen LogP contribution is 2.32. The maximum Gasteiger partial charge on any atom is 0.264 e. The van der Waals surface area contributed by atoms with Crippen molar-refractivity contribution < 1.29 is 9.53 Å². The number of hydrogen-bond acceptors (Lipinski definition) is 4. The van der Waals surface area contributed by atoms with Gasteiger partial charge in [-0.2, -0.15) is 0 Å². The van der Waals surface area contributed by atoms with Crippen LogP contribution in [0.15, 0.2) is 29.8 Å². The second-order valence-electron chi connectivity index (χ2n) is 5.92. The summed E-state index contributed by atoms with van der Waals surface area (Å²) < 4.78 is 5.69. The van der Waals surface area contributed by atoms with E-state index >= 15 is 0 Å². The molecule has 0 saturated carbocycles. The smallest absolute Gasteiger partial charge is 0.264 e. The van der Waals surface area contributed by atoms with E-state index in [1.807, 2.05) is 24.4 Å². The van der Waals surface area contributed by atoms with Gasteiger partial charge in [-0.25, -0.2) is 4.98 Å². The first-order valence-electron chi connectivity index (χ1n) is 6.79. The molecule has 0 unspecified atom stereocenters. The van der Waals surface area contributed by atoms with Crippen molar-refractivity contribution >= 4 is 22.4 Å². The van der Waals surface area contributed by atoms with Crippen LogP contribution in [0.1, 0.15) is 31.9 Å². The molecular weight excluding hydrogens is 284 g/mol. The number of benzene rings is 1. The Morgan fingerprint density at radius 1 is 1.38 bits per heavy atom. The molecule has 112 valence electrons. The van der Waals surface area contributed by atoms with Crippen molar-refractivity contribution in [1.29, 1.82) is 0 Å². The van der Waals surface area contributed by atoms with Gasteiger partial charge >= 0.3 is 0 Å². The molecule has 0 atom stereocenters. The summed E-state index contributed by atoms with van der Waals surface area (Å²) in [5, 5.41) is 5.11. The van der Waals surface area contributed by atoms with Crippen LogP contribution in [0.25, 0.3) is 0 Å². The first-order chi connectivity index (χ1) is 9.86. The predicted molar refractivity (Wildman–Crippen MR) is 86.1 cm³/mol. The molecule has 0 radical (unpaired) electrons. The summed E-state index contributed by atoms with van der Waals surface area (Å²) in [6.07, 6.45) is 1.65. The quantitative estimate of drug-likeness (QED) is 0.935. The minimum Gasteiger partial charge on any atom is -0.483 e. The molecule has 0 saturated heterocycles. The van der Waals surface area contributed by atoms with E-state index < -0.39 is 0 Å². The van der Waals surface area contributed by atoms with Crippen LogP contribution >= 0.6 is 11.3 Å². The molecule has 0 aliphatic carbocycles. The highest BCUT2D eigenvalue weighted by atomic mass is 32.1. The Balaban J connectivity index is 2.04. The van der Waals surface area contributed by atoms with Gasteiger partial charge in [-0.05, 0) is 24.0 Å². The molecule has 0 aliphatic rings. The number of hydrogen-bond donors (Lipinski definition) is 1. The van der Waals surface area contributed by atoms with Gasteiger partial charge in [0, 0.05) is 11.6 Å². The third kappa shape index (κ3) is 4.29. The first kappa shape index (κ1) is 15.5. The zero-order chi connectivity index (χ0) is 15.5. The van der Waals surface area contributed by atoms with Gasteiger partial charge in [-0.3, -0.25) is 10.1 Å². The molecule has 21 heavy (non-hydrogen) atoms. The summed E-state index contributed by atoms with van der Waals surface area (Å²) in [6, 6.07) is 6.02. The van der Waals surface area contributed by atoms with Crippen LogP contribution < -0.4 is 10.1 Å². The van der Waals surface area contributed by atoms with Crippen LogP contribution in [-0.2, 0) is 10.2 Å². The van der Waals surface area contributed by atoms with Gasteiger partial charge in [0.1, 0.15) is 5.75 Å². The predicted octanol–water partition coefficient (Wildman–Crippen LogP) is 3.77. The number of anilines is 1. The van der Waals surface area contributed by atoms with E-state index in [1.54, 1.807) is 6.20 Å². The fourth-order valence-electron chi connectivity index (χ4n) is 1.94. The number of aromatic nitrogens is 1. The van der Waals surface area contributed by atoms with Crippen LogP contribution in [0.3, 0.4) is 0 Å². The van der Waals surface area contributed by atoms with Crippen molar-refractivity contribution in [2.45, 2.75) is 33.1 Å². The zero-order valence-electron chi connectivity index (χ0n) is 12.8. The van der Waals surface area contributed by atoms with E-state index in [9.17, 15) is 4.79 Å². The number of nitrogens with zero attached hydrogens (tertiary/aromatic N) is 1. The van der Waals surface area contributed by atoms with Crippen molar-refractivity contribution in [2.75, 3.05) is 11.9 Å². The standard InChI is InChI=1S/C16H20N2O2S/c1-11-5-6-13(12(9-11)16(2,3)4)20-10-14(19)18-15-17-7-8-21-15/h5-9H,10H2,1-4H3,(H,17,18,19). The number of carbonyl (C=O) groups excluding carboxylic acids is 1. The first-order valence-corrected chi connectivity index (χ1v) is 7.67. The van der Waals surface area contributed by atoms with Crippen molar-refractivity contribution in [3.8, 4) is 5.75 Å². The monoisotopic (exact) mass is 304 g/mol. The molecule has 0 spiro atoms. The van der Waals surface area contributed by atoms with Gasteiger partial charge in [-0.15, -0.1) is 11.3 Å². The van der Waals surface area contributed by atoms with Gasteiger partial charge < -0.3 is 4.74 Å². The average Bonchev–Trinajstić information content (AvgIpc) is 2.89. The Morgan fingerprint density at radius 3 is 2.76 bits per heavy atom. The van der Waals surface area contributed by atoms with Crippen molar-refractivity contribution in [2.24, 2.45) is 0 Å². The molecule has 1 heterocycles. The van der Waals surface area contributed by atoms with Crippen LogP contribution in [0.5, 0.6) is 5.75 Å². The van der Waals surface area contributed by atoms with E-state index in [1.165, 1.54) is 16.9 Å². The Labute approximate surface area is 129 Å². The lowest BCUT2D eigenvalue weighted by atomic mass is 9.85. The molecule has 1 N–H and O–H groups in total. The second-order valence-corrected chi connectivity index (χ2v) is 6.82. The van der Waals surface area contributed by atoms with Crippen LogP contribution in [0.2, 0.25) is 0 Å². The minimum atomic E-state index is -0.203. The van der Waals surface area contributed by atoms with Gasteiger partial charge in [0.05, 0.1) is 0 Å². The van der Waals surface area contributed by atoms with E-state index in [-0.39, 0.29) is 17.9 Å². The van der Waals surface area contributed by atoms with Crippen LogP contribution in [0, 0.1) is 6.92 Å². The molecule has 0 fully saturated rings. The number of ether oxygens (including phenoxy) is 1. The minimum absolute atomic E-state index is 0.0221. The normalized spacial score (nSPS) is 11.2. The largest absolute Gasteiger partial charge is 0.483 e. The number of thiazole rings is 1. The van der Waals surface area contributed by atoms with Crippen LogP contribution in [-0.4, -0.2) is 17.5 Å². The van der Waals surface area contributed by atoms with Crippen molar-refractivity contribution in [1.82, 2.24) is 4.98 Å². The molecule has 1 amide bonds. The van der Waals surface area contributed by atoms with E-state index in [0.717, 1.165) is 11.3 Å². The summed E-state index contributed by atoms with van der Waals surface area (Å²) in [7, 11) is 0. The molecule has 4 nitrogen and oxygen atoms in total. The van der Waals surface area contributed by atoms with E-state index in [0.29, 0.717) is 5.13 Å². The number of amides is 1. The fraction of sp³-hybridized carbons (Fsp3) is 0.375. The summed E-state index contributed by atoms with van der Waals surface area (Å²) in [4.78, 5) is 15.9. The lowest BCUT2D eigenvalue weighted by Gasteiger charge is -2.23. The third-order valence-corrected chi connectivity index (χ3v) is 3.67. The molecular formula is C16H20N2O2S. The Hall–Kier alpha value is -1.88. The fourth-order valence-corrected chi connectivity index (χ4v) is 2.48. The summed E-state index contributed by atoms with van der Waals surface area (Å²) in [6.45, 7) is 8.42. The highest BCUT2D eigenvalue weighted by molar-refractivity contribution is 7.13. The average molecular weight is 304 g/mol. The van der Waals surface area contributed by atoms with Crippen molar-refractivity contribution in [3.05, 3.63) is 40.9 Å². The molecule has 5 heteroatoms. The van der Waals surface area contributed by atoms with Crippen LogP contribution in [0.4, 0.5) is 5.13 Å². The molecule has 0 bridgehead atoms. The number of nitrogens with one attached hydrogen (secondary N) is 1. The summed E-state index contributed by atoms with van der Waals surface area (Å²) >= 11 is 1.38. The maximum absolute atomic E-state index is 11.8. The Kier molecular flexibility index (Phi) is 4.63. The van der Waals surface area contributed by atoms with Gasteiger partial charge in [0.2, 0.25) is 0 Å². The Bertz CT molecular complexity index is 616. The number of rotatable bonds is 4.